The van der Waals surface area contributed by atoms with Crippen molar-refractivity contribution in [1.82, 2.24) is 0 Å². The minimum Gasteiger partial charge on any atom is -0.481 e. The lowest BCUT2D eigenvalue weighted by atomic mass is 9.79. The fraction of sp³-hybridized carbons (Fsp3) is 0.500. The Hall–Kier alpha value is -1.31. The van der Waals surface area contributed by atoms with E-state index >= 15 is 0 Å². The molecule has 1 aliphatic rings. The summed E-state index contributed by atoms with van der Waals surface area (Å²) in [5, 5.41) is 9.06. The molecule has 1 fully saturated rings. The van der Waals surface area contributed by atoms with E-state index in [1.165, 1.54) is 24.8 Å². The highest BCUT2D eigenvalue weighted by Crippen LogP contribution is 2.36. The van der Waals surface area contributed by atoms with Crippen molar-refractivity contribution in [3.63, 3.8) is 0 Å². The van der Waals surface area contributed by atoms with Crippen LogP contribution in [0.1, 0.15) is 55.6 Å². The normalized spacial score (nSPS) is 17.8. The average Bonchev–Trinajstić information content (AvgIpc) is 2.18. The van der Waals surface area contributed by atoms with Crippen molar-refractivity contribution in [2.24, 2.45) is 0 Å². The highest BCUT2D eigenvalue weighted by molar-refractivity contribution is 5.75. The molecule has 0 heterocycles. The first-order chi connectivity index (χ1) is 7.72. The van der Waals surface area contributed by atoms with Gasteiger partial charge in [0.15, 0.2) is 0 Å². The topological polar surface area (TPSA) is 37.3 Å². The molecule has 1 aromatic carbocycles. The van der Waals surface area contributed by atoms with Gasteiger partial charge < -0.3 is 5.11 Å². The highest BCUT2D eigenvalue weighted by atomic mass is 16.4. The molecule has 1 atom stereocenters. The van der Waals surface area contributed by atoms with E-state index in [-0.39, 0.29) is 5.92 Å². The molecule has 2 heteroatoms. The number of carboxylic acid groups (broad SMARTS) is 1. The quantitative estimate of drug-likeness (QED) is 0.839. The molecule has 86 valence electrons. The van der Waals surface area contributed by atoms with Crippen LogP contribution in [0.25, 0.3) is 0 Å². The molecule has 1 aromatic rings. The Morgan fingerprint density at radius 2 is 2.00 bits per heavy atom. The minimum absolute atomic E-state index is 0.351. The largest absolute Gasteiger partial charge is 0.481 e. The molecule has 0 radical (unpaired) electrons. The van der Waals surface area contributed by atoms with E-state index in [1.54, 1.807) is 0 Å². The minimum atomic E-state index is -0.723. The molecule has 16 heavy (non-hydrogen) atoms. The predicted molar refractivity (Wildman–Crippen MR) is 63.7 cm³/mol. The summed E-state index contributed by atoms with van der Waals surface area (Å²) in [7, 11) is 0. The molecule has 0 spiro atoms. The van der Waals surface area contributed by atoms with E-state index in [0.29, 0.717) is 6.42 Å². The summed E-state index contributed by atoms with van der Waals surface area (Å²) in [6.07, 6.45) is 4.56. The van der Waals surface area contributed by atoms with E-state index in [0.717, 1.165) is 11.5 Å². The Labute approximate surface area is 96.3 Å². The number of benzene rings is 1. The van der Waals surface area contributed by atoms with Crippen LogP contribution in [0.15, 0.2) is 24.3 Å². The Balaban J connectivity index is 2.14. The Morgan fingerprint density at radius 3 is 2.38 bits per heavy atom. The van der Waals surface area contributed by atoms with Gasteiger partial charge >= 0.3 is 5.97 Å². The van der Waals surface area contributed by atoms with Gasteiger partial charge in [-0.2, -0.15) is 0 Å². The number of carboxylic acids is 1. The summed E-state index contributed by atoms with van der Waals surface area (Å²) in [5.41, 5.74) is 2.30. The molecular formula is C14H18O2. The van der Waals surface area contributed by atoms with E-state index in [2.05, 4.69) is 12.1 Å². The molecule has 1 aliphatic carbocycles. The summed E-state index contributed by atoms with van der Waals surface area (Å²) in [6.45, 7) is 1.92. The number of rotatable bonds is 4. The van der Waals surface area contributed by atoms with E-state index in [9.17, 15) is 4.79 Å². The Bertz CT molecular complexity index is 363. The second-order valence-corrected chi connectivity index (χ2v) is 4.59. The van der Waals surface area contributed by atoms with Gasteiger partial charge in [-0.1, -0.05) is 37.6 Å². The van der Waals surface area contributed by atoms with Crippen molar-refractivity contribution >= 4 is 5.97 Å². The van der Waals surface area contributed by atoms with Gasteiger partial charge in [0.05, 0.1) is 5.92 Å². The predicted octanol–water partition coefficient (Wildman–Crippen LogP) is 3.53. The van der Waals surface area contributed by atoms with Gasteiger partial charge in [-0.3, -0.25) is 4.79 Å². The molecular weight excluding hydrogens is 200 g/mol. The monoisotopic (exact) mass is 218 g/mol. The average molecular weight is 218 g/mol. The van der Waals surface area contributed by atoms with E-state index < -0.39 is 5.97 Å². The van der Waals surface area contributed by atoms with Gasteiger partial charge in [0.1, 0.15) is 0 Å². The fourth-order valence-electron chi connectivity index (χ4n) is 2.29. The first-order valence-electron chi connectivity index (χ1n) is 6.05. The first-order valence-corrected chi connectivity index (χ1v) is 6.05. The summed E-state index contributed by atoms with van der Waals surface area (Å²) < 4.78 is 0. The lowest BCUT2D eigenvalue weighted by molar-refractivity contribution is -0.138. The maximum atomic E-state index is 11.0. The van der Waals surface area contributed by atoms with Crippen LogP contribution in [0.4, 0.5) is 0 Å². The smallest absolute Gasteiger partial charge is 0.310 e. The van der Waals surface area contributed by atoms with Crippen LogP contribution in [0.5, 0.6) is 0 Å². The lowest BCUT2D eigenvalue weighted by Gasteiger charge is -2.26. The van der Waals surface area contributed by atoms with Crippen LogP contribution >= 0.6 is 0 Å². The van der Waals surface area contributed by atoms with Gasteiger partial charge in [0.2, 0.25) is 0 Å². The first kappa shape index (κ1) is 11.2. The molecule has 2 nitrogen and oxygen atoms in total. The van der Waals surface area contributed by atoms with Crippen LogP contribution < -0.4 is 0 Å². The van der Waals surface area contributed by atoms with Gasteiger partial charge in [0, 0.05) is 0 Å². The fourth-order valence-corrected chi connectivity index (χ4v) is 2.29. The molecule has 0 aliphatic heterocycles. The lowest BCUT2D eigenvalue weighted by Crippen LogP contribution is -2.12. The zero-order valence-corrected chi connectivity index (χ0v) is 9.65. The SMILES string of the molecule is CCC(C(=O)O)c1ccc(C2CCC2)cc1. The Kier molecular flexibility index (Phi) is 3.28. The number of hydrogen-bond acceptors (Lipinski definition) is 1. The second kappa shape index (κ2) is 4.69. The van der Waals surface area contributed by atoms with Gasteiger partial charge in [-0.05, 0) is 36.3 Å². The zero-order valence-electron chi connectivity index (χ0n) is 9.65. The molecule has 0 aromatic heterocycles. The van der Waals surface area contributed by atoms with Gasteiger partial charge in [0.25, 0.3) is 0 Å². The highest BCUT2D eigenvalue weighted by Gasteiger charge is 2.21. The molecule has 0 bridgehead atoms. The molecule has 0 amide bonds. The van der Waals surface area contributed by atoms with Gasteiger partial charge in [-0.25, -0.2) is 0 Å². The summed E-state index contributed by atoms with van der Waals surface area (Å²) in [4.78, 5) is 11.0. The maximum absolute atomic E-state index is 11.0. The van der Waals surface area contributed by atoms with Crippen molar-refractivity contribution in [2.75, 3.05) is 0 Å². The maximum Gasteiger partial charge on any atom is 0.310 e. The van der Waals surface area contributed by atoms with Crippen LogP contribution in [0.3, 0.4) is 0 Å². The van der Waals surface area contributed by atoms with E-state index in [1.807, 2.05) is 19.1 Å². The molecule has 1 N–H and O–H groups in total. The number of hydrogen-bond donors (Lipinski definition) is 1. The molecule has 2 rings (SSSR count). The van der Waals surface area contributed by atoms with Gasteiger partial charge in [-0.15, -0.1) is 0 Å². The second-order valence-electron chi connectivity index (χ2n) is 4.59. The standard InChI is InChI=1S/C14H18O2/c1-2-13(14(15)16)12-8-6-11(7-9-12)10-4-3-5-10/h6-10,13H,2-5H2,1H3,(H,15,16). The Morgan fingerprint density at radius 1 is 1.38 bits per heavy atom. The van der Waals surface area contributed by atoms with Crippen LogP contribution in [0.2, 0.25) is 0 Å². The molecule has 1 unspecified atom stereocenters. The van der Waals surface area contributed by atoms with Crippen molar-refractivity contribution in [2.45, 2.75) is 44.4 Å². The van der Waals surface area contributed by atoms with Crippen LogP contribution in [-0.4, -0.2) is 11.1 Å². The van der Waals surface area contributed by atoms with E-state index in [4.69, 9.17) is 5.11 Å². The third-order valence-electron chi connectivity index (χ3n) is 3.62. The van der Waals surface area contributed by atoms with Crippen molar-refractivity contribution < 1.29 is 9.90 Å². The van der Waals surface area contributed by atoms with Crippen LogP contribution in [-0.2, 0) is 4.79 Å². The molecule has 1 saturated carbocycles. The van der Waals surface area contributed by atoms with Crippen LogP contribution in [0, 0.1) is 0 Å². The number of aliphatic carboxylic acids is 1. The zero-order chi connectivity index (χ0) is 11.5. The number of carbonyl (C=O) groups is 1. The van der Waals surface area contributed by atoms with Crippen molar-refractivity contribution in [1.29, 1.82) is 0 Å². The summed E-state index contributed by atoms with van der Waals surface area (Å²) >= 11 is 0. The van der Waals surface area contributed by atoms with Crippen molar-refractivity contribution in [3.05, 3.63) is 35.4 Å². The molecule has 0 saturated heterocycles. The third-order valence-corrected chi connectivity index (χ3v) is 3.62. The summed E-state index contributed by atoms with van der Waals surface area (Å²) in [6, 6.07) is 8.17. The van der Waals surface area contributed by atoms with Crippen molar-refractivity contribution in [3.8, 4) is 0 Å². The third kappa shape index (κ3) is 2.11. The summed E-state index contributed by atoms with van der Waals surface area (Å²) in [5.74, 6) is -0.353.